The lowest BCUT2D eigenvalue weighted by Crippen LogP contribution is -2.12. The summed E-state index contributed by atoms with van der Waals surface area (Å²) in [5.74, 6) is -0.333. The SMILES string of the molecule is CCCCCCC(C)c1cc(C(F)(F)F)cc(C(F)(F)F)c1. The van der Waals surface area contributed by atoms with Crippen molar-refractivity contribution >= 4 is 0 Å². The molecule has 1 aromatic carbocycles. The van der Waals surface area contributed by atoms with E-state index >= 15 is 0 Å². The van der Waals surface area contributed by atoms with Crippen LogP contribution in [-0.4, -0.2) is 0 Å². The third-order valence-electron chi connectivity index (χ3n) is 3.67. The summed E-state index contributed by atoms with van der Waals surface area (Å²) in [4.78, 5) is 0. The van der Waals surface area contributed by atoms with Gasteiger partial charge in [0.05, 0.1) is 11.1 Å². The molecule has 1 unspecified atom stereocenters. The smallest absolute Gasteiger partial charge is 0.166 e. The summed E-state index contributed by atoms with van der Waals surface area (Å²) in [6, 6.07) is 1.84. The van der Waals surface area contributed by atoms with E-state index in [-0.39, 0.29) is 17.5 Å². The molecule has 0 radical (unpaired) electrons. The molecule has 126 valence electrons. The van der Waals surface area contributed by atoms with Gasteiger partial charge >= 0.3 is 12.4 Å². The van der Waals surface area contributed by atoms with Gasteiger partial charge in [0, 0.05) is 0 Å². The van der Waals surface area contributed by atoms with Gasteiger partial charge in [-0.05, 0) is 36.1 Å². The molecule has 1 atom stereocenters. The van der Waals surface area contributed by atoms with Crippen molar-refractivity contribution in [2.45, 2.75) is 64.2 Å². The Hall–Kier alpha value is -1.20. The van der Waals surface area contributed by atoms with Crippen LogP contribution in [0.3, 0.4) is 0 Å². The van der Waals surface area contributed by atoms with Gasteiger partial charge in [-0.2, -0.15) is 26.3 Å². The van der Waals surface area contributed by atoms with E-state index in [9.17, 15) is 26.3 Å². The van der Waals surface area contributed by atoms with Gasteiger partial charge < -0.3 is 0 Å². The average Bonchev–Trinajstić information content (AvgIpc) is 2.41. The largest absolute Gasteiger partial charge is 0.416 e. The molecule has 0 aromatic heterocycles. The molecule has 0 bridgehead atoms. The van der Waals surface area contributed by atoms with Crippen LogP contribution in [0.1, 0.15) is 68.6 Å². The van der Waals surface area contributed by atoms with E-state index in [1.165, 1.54) is 0 Å². The van der Waals surface area contributed by atoms with E-state index in [4.69, 9.17) is 0 Å². The normalized spacial score (nSPS) is 14.2. The van der Waals surface area contributed by atoms with E-state index in [1.54, 1.807) is 6.92 Å². The fourth-order valence-corrected chi connectivity index (χ4v) is 2.31. The maximum Gasteiger partial charge on any atom is 0.416 e. The van der Waals surface area contributed by atoms with E-state index < -0.39 is 23.5 Å². The van der Waals surface area contributed by atoms with Crippen molar-refractivity contribution < 1.29 is 26.3 Å². The average molecular weight is 326 g/mol. The maximum atomic E-state index is 12.8. The van der Waals surface area contributed by atoms with E-state index in [1.807, 2.05) is 6.92 Å². The first-order valence-electron chi connectivity index (χ1n) is 7.35. The van der Waals surface area contributed by atoms with Crippen LogP contribution < -0.4 is 0 Å². The molecular formula is C16H20F6. The molecule has 0 fully saturated rings. The predicted molar refractivity (Wildman–Crippen MR) is 73.6 cm³/mol. The van der Waals surface area contributed by atoms with Gasteiger partial charge in [0.15, 0.2) is 0 Å². The summed E-state index contributed by atoms with van der Waals surface area (Å²) >= 11 is 0. The van der Waals surface area contributed by atoms with Crippen molar-refractivity contribution in [2.24, 2.45) is 0 Å². The predicted octanol–water partition coefficient (Wildman–Crippen LogP) is 6.80. The third-order valence-corrected chi connectivity index (χ3v) is 3.67. The highest BCUT2D eigenvalue weighted by atomic mass is 19.4. The third kappa shape index (κ3) is 5.54. The first-order valence-corrected chi connectivity index (χ1v) is 7.35. The molecule has 1 aromatic rings. The standard InChI is InChI=1S/C16H20F6/c1-3-4-5-6-7-11(2)12-8-13(15(17,18)19)10-14(9-12)16(20,21)22/h8-11H,3-7H2,1-2H3. The molecule has 1 rings (SSSR count). The van der Waals surface area contributed by atoms with E-state index in [2.05, 4.69) is 0 Å². The van der Waals surface area contributed by atoms with Crippen LogP contribution in [0.15, 0.2) is 18.2 Å². The van der Waals surface area contributed by atoms with Gasteiger partial charge in [0.25, 0.3) is 0 Å². The number of benzene rings is 1. The molecule has 0 saturated carbocycles. The van der Waals surface area contributed by atoms with Crippen LogP contribution in [0.5, 0.6) is 0 Å². The minimum absolute atomic E-state index is 0.0960. The van der Waals surface area contributed by atoms with Crippen LogP contribution in [-0.2, 0) is 12.4 Å². The topological polar surface area (TPSA) is 0 Å². The van der Waals surface area contributed by atoms with Crippen molar-refractivity contribution in [3.8, 4) is 0 Å². The molecule has 0 saturated heterocycles. The van der Waals surface area contributed by atoms with Crippen molar-refractivity contribution in [1.82, 2.24) is 0 Å². The Morgan fingerprint density at radius 1 is 0.818 bits per heavy atom. The van der Waals surface area contributed by atoms with Gasteiger partial charge in [0.2, 0.25) is 0 Å². The minimum atomic E-state index is -4.78. The fraction of sp³-hybridized carbons (Fsp3) is 0.625. The number of halogens is 6. The van der Waals surface area contributed by atoms with E-state index in [0.29, 0.717) is 6.42 Å². The highest BCUT2D eigenvalue weighted by Crippen LogP contribution is 2.38. The van der Waals surface area contributed by atoms with Crippen LogP contribution in [0, 0.1) is 0 Å². The molecule has 0 amide bonds. The molecule has 0 N–H and O–H groups in total. The zero-order valence-corrected chi connectivity index (χ0v) is 12.6. The number of unbranched alkanes of at least 4 members (excludes halogenated alkanes) is 3. The Labute approximate surface area is 126 Å². The fourth-order valence-electron chi connectivity index (χ4n) is 2.31. The summed E-state index contributed by atoms with van der Waals surface area (Å²) in [5, 5.41) is 0. The molecule has 0 spiro atoms. The quantitative estimate of drug-likeness (QED) is 0.398. The highest BCUT2D eigenvalue weighted by molar-refractivity contribution is 5.35. The molecule has 0 aliphatic heterocycles. The number of alkyl halides is 6. The summed E-state index contributed by atoms with van der Waals surface area (Å²) < 4.78 is 76.7. The second-order valence-electron chi connectivity index (χ2n) is 5.59. The molecular weight excluding hydrogens is 306 g/mol. The maximum absolute atomic E-state index is 12.8. The molecule has 0 aliphatic rings. The Balaban J connectivity index is 3.02. The lowest BCUT2D eigenvalue weighted by molar-refractivity contribution is -0.143. The zero-order chi connectivity index (χ0) is 17.0. The molecule has 0 heterocycles. The van der Waals surface area contributed by atoms with Gasteiger partial charge in [-0.3, -0.25) is 0 Å². The van der Waals surface area contributed by atoms with Gasteiger partial charge in [-0.15, -0.1) is 0 Å². The molecule has 22 heavy (non-hydrogen) atoms. The van der Waals surface area contributed by atoms with Gasteiger partial charge in [-0.1, -0.05) is 39.5 Å². The minimum Gasteiger partial charge on any atom is -0.166 e. The van der Waals surface area contributed by atoms with Crippen LogP contribution in [0.2, 0.25) is 0 Å². The van der Waals surface area contributed by atoms with Crippen molar-refractivity contribution in [3.63, 3.8) is 0 Å². The monoisotopic (exact) mass is 326 g/mol. The lowest BCUT2D eigenvalue weighted by Gasteiger charge is -2.18. The molecule has 0 aliphatic carbocycles. The lowest BCUT2D eigenvalue weighted by atomic mass is 9.91. The molecule has 0 nitrogen and oxygen atoms in total. The Morgan fingerprint density at radius 3 is 1.73 bits per heavy atom. The van der Waals surface area contributed by atoms with Crippen LogP contribution in [0.4, 0.5) is 26.3 Å². The van der Waals surface area contributed by atoms with Crippen molar-refractivity contribution in [2.75, 3.05) is 0 Å². The summed E-state index contributed by atoms with van der Waals surface area (Å²) in [6.07, 6.45) is -5.20. The highest BCUT2D eigenvalue weighted by Gasteiger charge is 2.37. The summed E-state index contributed by atoms with van der Waals surface area (Å²) in [5.41, 5.74) is -2.38. The summed E-state index contributed by atoms with van der Waals surface area (Å²) in [6.45, 7) is 3.70. The Kier molecular flexibility index (Phi) is 6.32. The van der Waals surface area contributed by atoms with Crippen LogP contribution in [0.25, 0.3) is 0 Å². The van der Waals surface area contributed by atoms with Crippen LogP contribution >= 0.6 is 0 Å². The first-order chi connectivity index (χ1) is 10.1. The van der Waals surface area contributed by atoms with E-state index in [0.717, 1.165) is 37.8 Å². The number of hydrogen-bond donors (Lipinski definition) is 0. The number of rotatable bonds is 6. The van der Waals surface area contributed by atoms with Gasteiger partial charge in [0.1, 0.15) is 0 Å². The zero-order valence-electron chi connectivity index (χ0n) is 12.6. The molecule has 6 heteroatoms. The first kappa shape index (κ1) is 18.8. The Bertz CT molecular complexity index is 440. The van der Waals surface area contributed by atoms with Gasteiger partial charge in [-0.25, -0.2) is 0 Å². The van der Waals surface area contributed by atoms with Crippen molar-refractivity contribution in [1.29, 1.82) is 0 Å². The second-order valence-corrected chi connectivity index (χ2v) is 5.59. The summed E-state index contributed by atoms with van der Waals surface area (Å²) in [7, 11) is 0. The second kappa shape index (κ2) is 7.38. The number of hydrogen-bond acceptors (Lipinski definition) is 0. The Morgan fingerprint density at radius 2 is 1.32 bits per heavy atom. The van der Waals surface area contributed by atoms with Crippen molar-refractivity contribution in [3.05, 3.63) is 34.9 Å².